The molecule has 82 valence electrons. The van der Waals surface area contributed by atoms with Crippen LogP contribution in [0, 0.1) is 0 Å². The third kappa shape index (κ3) is 4.65. The quantitative estimate of drug-likeness (QED) is 0.637. The van der Waals surface area contributed by atoms with Crippen molar-refractivity contribution >= 4 is 23.4 Å². The van der Waals surface area contributed by atoms with Gasteiger partial charge in [-0.05, 0) is 18.6 Å². The Labute approximate surface area is 93.6 Å². The number of amides is 1. The van der Waals surface area contributed by atoms with Crippen LogP contribution in [0.1, 0.15) is 19.8 Å². The topological polar surface area (TPSA) is 51.2 Å². The third-order valence-electron chi connectivity index (χ3n) is 1.70. The lowest BCUT2D eigenvalue weighted by Crippen LogP contribution is -2.14. The Balaban J connectivity index is 2.37. The number of pyridine rings is 1. The summed E-state index contributed by atoms with van der Waals surface area (Å²) in [6.45, 7) is 2.46. The fourth-order valence-electron chi connectivity index (χ4n) is 0.943. The standard InChI is InChI=1S/C10H13ClN2O2/c1-2-3-6-15-10(14)13-8-4-5-12-9(11)7-8/h4-5,7H,2-3,6H2,1H3,(H,12,13,14). The van der Waals surface area contributed by atoms with Crippen LogP contribution in [0.25, 0.3) is 0 Å². The molecule has 1 aromatic heterocycles. The van der Waals surface area contributed by atoms with Gasteiger partial charge < -0.3 is 4.74 Å². The van der Waals surface area contributed by atoms with Crippen LogP contribution in [0.3, 0.4) is 0 Å². The first kappa shape index (κ1) is 11.8. The molecule has 0 aliphatic heterocycles. The number of nitrogens with zero attached hydrogens (tertiary/aromatic N) is 1. The van der Waals surface area contributed by atoms with Crippen LogP contribution in [-0.2, 0) is 4.74 Å². The molecule has 1 rings (SSSR count). The van der Waals surface area contributed by atoms with Crippen molar-refractivity contribution in [1.29, 1.82) is 0 Å². The first-order valence-corrected chi connectivity index (χ1v) is 5.15. The van der Waals surface area contributed by atoms with Crippen LogP contribution >= 0.6 is 11.6 Å². The lowest BCUT2D eigenvalue weighted by Gasteiger charge is -2.05. The molecule has 0 aromatic carbocycles. The number of ether oxygens (including phenoxy) is 1. The molecule has 15 heavy (non-hydrogen) atoms. The normalized spacial score (nSPS) is 9.73. The van der Waals surface area contributed by atoms with E-state index in [1.165, 1.54) is 6.20 Å². The van der Waals surface area contributed by atoms with Gasteiger partial charge in [-0.1, -0.05) is 24.9 Å². The first-order valence-electron chi connectivity index (χ1n) is 4.77. The number of nitrogens with one attached hydrogen (secondary N) is 1. The molecule has 4 nitrogen and oxygen atoms in total. The van der Waals surface area contributed by atoms with Crippen LogP contribution < -0.4 is 5.32 Å². The van der Waals surface area contributed by atoms with Crippen molar-refractivity contribution in [2.24, 2.45) is 0 Å². The van der Waals surface area contributed by atoms with Crippen molar-refractivity contribution in [3.8, 4) is 0 Å². The summed E-state index contributed by atoms with van der Waals surface area (Å²) in [7, 11) is 0. The SMILES string of the molecule is CCCCOC(=O)Nc1ccnc(Cl)c1. The predicted molar refractivity (Wildman–Crippen MR) is 59.1 cm³/mol. The molecule has 0 aliphatic carbocycles. The molecular weight excluding hydrogens is 216 g/mol. The average Bonchev–Trinajstić information content (AvgIpc) is 2.18. The summed E-state index contributed by atoms with van der Waals surface area (Å²) in [5, 5.41) is 2.89. The summed E-state index contributed by atoms with van der Waals surface area (Å²) in [4.78, 5) is 15.0. The Kier molecular flexibility index (Phi) is 4.90. The molecule has 0 aliphatic rings. The minimum atomic E-state index is -0.467. The van der Waals surface area contributed by atoms with Crippen molar-refractivity contribution in [1.82, 2.24) is 4.98 Å². The molecule has 0 spiro atoms. The molecule has 0 saturated heterocycles. The van der Waals surface area contributed by atoms with E-state index in [0.29, 0.717) is 17.4 Å². The number of carbonyl (C=O) groups is 1. The summed E-state index contributed by atoms with van der Waals surface area (Å²) in [6, 6.07) is 3.20. The molecular formula is C10H13ClN2O2. The number of unbranched alkanes of at least 4 members (excludes halogenated alkanes) is 1. The molecule has 1 N–H and O–H groups in total. The fraction of sp³-hybridized carbons (Fsp3) is 0.400. The van der Waals surface area contributed by atoms with Gasteiger partial charge in [-0.3, -0.25) is 5.32 Å². The maximum atomic E-state index is 11.2. The number of carbonyl (C=O) groups excluding carboxylic acids is 1. The highest BCUT2D eigenvalue weighted by atomic mass is 35.5. The lowest BCUT2D eigenvalue weighted by atomic mass is 10.4. The largest absolute Gasteiger partial charge is 0.449 e. The van der Waals surface area contributed by atoms with Gasteiger partial charge in [0.25, 0.3) is 0 Å². The van der Waals surface area contributed by atoms with E-state index < -0.39 is 6.09 Å². The van der Waals surface area contributed by atoms with Crippen molar-refractivity contribution in [2.75, 3.05) is 11.9 Å². The van der Waals surface area contributed by atoms with Crippen molar-refractivity contribution in [3.63, 3.8) is 0 Å². The van der Waals surface area contributed by atoms with E-state index in [0.717, 1.165) is 12.8 Å². The van der Waals surface area contributed by atoms with E-state index in [9.17, 15) is 4.79 Å². The maximum absolute atomic E-state index is 11.2. The monoisotopic (exact) mass is 228 g/mol. The van der Waals surface area contributed by atoms with Gasteiger partial charge in [0.05, 0.1) is 6.61 Å². The Morgan fingerprint density at radius 3 is 3.13 bits per heavy atom. The second kappa shape index (κ2) is 6.24. The number of anilines is 1. The van der Waals surface area contributed by atoms with Crippen molar-refractivity contribution < 1.29 is 9.53 Å². The molecule has 5 heteroatoms. The second-order valence-corrected chi connectivity index (χ2v) is 3.37. The van der Waals surface area contributed by atoms with Crippen LogP contribution in [0.4, 0.5) is 10.5 Å². The summed E-state index contributed by atoms with van der Waals surface area (Å²) < 4.78 is 4.91. The molecule has 0 fully saturated rings. The number of rotatable bonds is 4. The van der Waals surface area contributed by atoms with Gasteiger partial charge in [-0.25, -0.2) is 9.78 Å². The lowest BCUT2D eigenvalue weighted by molar-refractivity contribution is 0.160. The van der Waals surface area contributed by atoms with Gasteiger partial charge in [0.2, 0.25) is 0 Å². The van der Waals surface area contributed by atoms with Gasteiger partial charge in [-0.15, -0.1) is 0 Å². The van der Waals surface area contributed by atoms with Gasteiger partial charge in [0.1, 0.15) is 5.15 Å². The van der Waals surface area contributed by atoms with Crippen LogP contribution in [0.2, 0.25) is 5.15 Å². The summed E-state index contributed by atoms with van der Waals surface area (Å²) in [5.74, 6) is 0. The molecule has 0 bridgehead atoms. The third-order valence-corrected chi connectivity index (χ3v) is 1.91. The minimum absolute atomic E-state index is 0.335. The van der Waals surface area contributed by atoms with E-state index in [2.05, 4.69) is 10.3 Å². The summed E-state index contributed by atoms with van der Waals surface area (Å²) in [5.41, 5.74) is 0.580. The molecule has 0 radical (unpaired) electrons. The highest BCUT2D eigenvalue weighted by Crippen LogP contribution is 2.11. The minimum Gasteiger partial charge on any atom is -0.449 e. The molecule has 0 unspecified atom stereocenters. The zero-order valence-electron chi connectivity index (χ0n) is 8.50. The zero-order valence-corrected chi connectivity index (χ0v) is 9.25. The van der Waals surface area contributed by atoms with Crippen LogP contribution in [0.15, 0.2) is 18.3 Å². The van der Waals surface area contributed by atoms with E-state index in [1.54, 1.807) is 12.1 Å². The van der Waals surface area contributed by atoms with Gasteiger partial charge in [-0.2, -0.15) is 0 Å². The van der Waals surface area contributed by atoms with Gasteiger partial charge in [0.15, 0.2) is 0 Å². The number of aromatic nitrogens is 1. The fourth-order valence-corrected chi connectivity index (χ4v) is 1.12. The Hall–Kier alpha value is -1.29. The van der Waals surface area contributed by atoms with Crippen molar-refractivity contribution in [2.45, 2.75) is 19.8 Å². The zero-order chi connectivity index (χ0) is 11.1. The molecule has 0 saturated carbocycles. The summed E-state index contributed by atoms with van der Waals surface area (Å²) >= 11 is 5.65. The average molecular weight is 229 g/mol. The number of hydrogen-bond donors (Lipinski definition) is 1. The Morgan fingerprint density at radius 2 is 2.47 bits per heavy atom. The summed E-state index contributed by atoms with van der Waals surface area (Å²) in [6.07, 6.45) is 2.91. The van der Waals surface area contributed by atoms with E-state index in [1.807, 2.05) is 6.92 Å². The van der Waals surface area contributed by atoms with Gasteiger partial charge in [0, 0.05) is 11.9 Å². The molecule has 1 amide bonds. The number of halogens is 1. The van der Waals surface area contributed by atoms with Crippen LogP contribution in [0.5, 0.6) is 0 Å². The smallest absolute Gasteiger partial charge is 0.411 e. The predicted octanol–water partition coefficient (Wildman–Crippen LogP) is 3.08. The highest BCUT2D eigenvalue weighted by Gasteiger charge is 2.02. The van der Waals surface area contributed by atoms with E-state index in [4.69, 9.17) is 16.3 Å². The second-order valence-electron chi connectivity index (χ2n) is 2.98. The van der Waals surface area contributed by atoms with E-state index >= 15 is 0 Å². The molecule has 0 atom stereocenters. The first-order chi connectivity index (χ1) is 7.22. The van der Waals surface area contributed by atoms with Crippen molar-refractivity contribution in [3.05, 3.63) is 23.5 Å². The van der Waals surface area contributed by atoms with Gasteiger partial charge >= 0.3 is 6.09 Å². The van der Waals surface area contributed by atoms with Crippen LogP contribution in [-0.4, -0.2) is 17.7 Å². The number of hydrogen-bond acceptors (Lipinski definition) is 3. The Morgan fingerprint density at radius 1 is 1.67 bits per heavy atom. The molecule has 1 heterocycles. The van der Waals surface area contributed by atoms with E-state index in [-0.39, 0.29) is 0 Å². The molecule has 1 aromatic rings. The maximum Gasteiger partial charge on any atom is 0.411 e. The Bertz CT molecular complexity index is 331. The highest BCUT2D eigenvalue weighted by molar-refractivity contribution is 6.29.